The molecule has 0 N–H and O–H groups in total. The highest BCUT2D eigenvalue weighted by molar-refractivity contribution is 7.98. The fourth-order valence-corrected chi connectivity index (χ4v) is 6.31. The van der Waals surface area contributed by atoms with E-state index in [0.29, 0.717) is 29.1 Å². The summed E-state index contributed by atoms with van der Waals surface area (Å²) in [7, 11) is -3.47. The van der Waals surface area contributed by atoms with Crippen LogP contribution in [-0.4, -0.2) is 35.4 Å². The monoisotopic (exact) mass is 440 g/mol. The van der Waals surface area contributed by atoms with Crippen molar-refractivity contribution in [3.05, 3.63) is 53.6 Å². The highest BCUT2D eigenvalue weighted by Gasteiger charge is 2.26. The average Bonchev–Trinajstić information content (AvgIpc) is 3.15. The minimum absolute atomic E-state index is 0.321. The van der Waals surface area contributed by atoms with Crippen LogP contribution in [0.1, 0.15) is 37.3 Å². The van der Waals surface area contributed by atoms with Crippen molar-refractivity contribution in [1.82, 2.24) is 13.9 Å². The molecule has 1 saturated heterocycles. The van der Waals surface area contributed by atoms with Crippen LogP contribution in [0.3, 0.4) is 0 Å². The predicted molar refractivity (Wildman–Crippen MR) is 119 cm³/mol. The lowest BCUT2D eigenvalue weighted by Crippen LogP contribution is -2.35. The molecule has 0 bridgehead atoms. The molecule has 1 fully saturated rings. The Kier molecular flexibility index (Phi) is 6.14. The largest absolute Gasteiger partial charge is 0.319 e. The van der Waals surface area contributed by atoms with Gasteiger partial charge in [0.15, 0.2) is 5.16 Å². The van der Waals surface area contributed by atoms with Crippen LogP contribution in [0.5, 0.6) is 0 Å². The van der Waals surface area contributed by atoms with Crippen LogP contribution in [0, 0.1) is 11.3 Å². The molecular formula is C22H24N4O2S2. The van der Waals surface area contributed by atoms with E-state index >= 15 is 0 Å². The van der Waals surface area contributed by atoms with Gasteiger partial charge < -0.3 is 4.57 Å². The van der Waals surface area contributed by atoms with Crippen LogP contribution >= 0.6 is 11.8 Å². The minimum atomic E-state index is -3.47. The molecule has 3 aromatic rings. The summed E-state index contributed by atoms with van der Waals surface area (Å²) in [6.45, 7) is 4.00. The number of benzene rings is 2. The second kappa shape index (κ2) is 8.80. The van der Waals surface area contributed by atoms with Crippen LogP contribution in [0.25, 0.3) is 11.0 Å². The van der Waals surface area contributed by atoms with Crippen molar-refractivity contribution < 1.29 is 8.42 Å². The molecule has 4 rings (SSSR count). The van der Waals surface area contributed by atoms with Crippen molar-refractivity contribution in [2.75, 3.05) is 13.1 Å². The van der Waals surface area contributed by atoms with E-state index in [-0.39, 0.29) is 0 Å². The first kappa shape index (κ1) is 20.9. The maximum absolute atomic E-state index is 13.0. The first-order chi connectivity index (χ1) is 14.5. The zero-order valence-corrected chi connectivity index (χ0v) is 18.5. The summed E-state index contributed by atoms with van der Waals surface area (Å²) in [6.07, 6.45) is 2.93. The van der Waals surface area contributed by atoms with Crippen molar-refractivity contribution in [2.45, 2.75) is 48.5 Å². The van der Waals surface area contributed by atoms with Crippen molar-refractivity contribution in [1.29, 1.82) is 5.26 Å². The number of nitriles is 1. The molecule has 0 saturated carbocycles. The van der Waals surface area contributed by atoms with E-state index in [1.807, 2.05) is 30.3 Å². The Morgan fingerprint density at radius 2 is 1.83 bits per heavy atom. The van der Waals surface area contributed by atoms with Crippen molar-refractivity contribution >= 4 is 32.8 Å². The standard InChI is InChI=1S/C22H24N4O2S2/c1-2-26-21-11-10-19(30(27,28)25-12-4-3-5-13-25)14-20(21)24-22(26)29-16-18-8-6-17(15-23)7-9-18/h6-11,14H,2-5,12-13,16H2,1H3. The van der Waals surface area contributed by atoms with Gasteiger partial charge >= 0.3 is 0 Å². The van der Waals surface area contributed by atoms with Gasteiger partial charge in [-0.1, -0.05) is 30.3 Å². The van der Waals surface area contributed by atoms with Crippen LogP contribution < -0.4 is 0 Å². The minimum Gasteiger partial charge on any atom is -0.319 e. The van der Waals surface area contributed by atoms with Crippen molar-refractivity contribution in [2.24, 2.45) is 0 Å². The number of hydrogen-bond acceptors (Lipinski definition) is 5. The van der Waals surface area contributed by atoms with Gasteiger partial charge in [-0.3, -0.25) is 0 Å². The second-order valence-corrected chi connectivity index (χ2v) is 10.2. The summed E-state index contributed by atoms with van der Waals surface area (Å²) >= 11 is 1.61. The fraction of sp³-hybridized carbons (Fsp3) is 0.364. The number of imidazole rings is 1. The van der Waals surface area contributed by atoms with Gasteiger partial charge in [0.25, 0.3) is 0 Å². The third-order valence-corrected chi connectivity index (χ3v) is 8.35. The number of aromatic nitrogens is 2. The van der Waals surface area contributed by atoms with E-state index in [2.05, 4.69) is 17.6 Å². The molecule has 2 aromatic carbocycles. The Morgan fingerprint density at radius 1 is 1.10 bits per heavy atom. The highest BCUT2D eigenvalue weighted by Crippen LogP contribution is 2.29. The zero-order chi connectivity index (χ0) is 21.1. The summed E-state index contributed by atoms with van der Waals surface area (Å²) in [6, 6.07) is 14.9. The van der Waals surface area contributed by atoms with Gasteiger partial charge in [-0.05, 0) is 55.7 Å². The Balaban J connectivity index is 1.60. The molecule has 0 amide bonds. The lowest BCUT2D eigenvalue weighted by atomic mass is 10.2. The van der Waals surface area contributed by atoms with Crippen molar-refractivity contribution in [3.8, 4) is 6.07 Å². The zero-order valence-electron chi connectivity index (χ0n) is 16.9. The van der Waals surface area contributed by atoms with Gasteiger partial charge in [0.2, 0.25) is 10.0 Å². The summed E-state index contributed by atoms with van der Waals surface area (Å²) in [5.74, 6) is 0.730. The Morgan fingerprint density at radius 3 is 2.50 bits per heavy atom. The van der Waals surface area contributed by atoms with Crippen LogP contribution in [-0.2, 0) is 22.3 Å². The molecule has 6 nitrogen and oxygen atoms in total. The van der Waals surface area contributed by atoms with Crippen LogP contribution in [0.2, 0.25) is 0 Å². The molecule has 30 heavy (non-hydrogen) atoms. The van der Waals surface area contributed by atoms with Crippen LogP contribution in [0.15, 0.2) is 52.5 Å². The lowest BCUT2D eigenvalue weighted by molar-refractivity contribution is 0.346. The van der Waals surface area contributed by atoms with Crippen molar-refractivity contribution in [3.63, 3.8) is 0 Å². The van der Waals surface area contributed by atoms with Crippen LogP contribution in [0.4, 0.5) is 0 Å². The smallest absolute Gasteiger partial charge is 0.243 e. The number of fused-ring (bicyclic) bond motifs is 1. The molecule has 0 atom stereocenters. The molecule has 0 radical (unpaired) electrons. The quantitative estimate of drug-likeness (QED) is 0.531. The fourth-order valence-electron chi connectivity index (χ4n) is 3.74. The molecule has 8 heteroatoms. The Bertz CT molecular complexity index is 1190. The number of sulfonamides is 1. The summed E-state index contributed by atoms with van der Waals surface area (Å²) in [5, 5.41) is 9.80. The van der Waals surface area contributed by atoms with Gasteiger partial charge in [-0.2, -0.15) is 9.57 Å². The first-order valence-corrected chi connectivity index (χ1v) is 12.6. The third-order valence-electron chi connectivity index (χ3n) is 5.40. The van der Waals surface area contributed by atoms with E-state index in [1.54, 1.807) is 28.2 Å². The number of rotatable bonds is 6. The van der Waals surface area contributed by atoms with E-state index < -0.39 is 10.0 Å². The number of aryl methyl sites for hydroxylation is 1. The van der Waals surface area contributed by atoms with Gasteiger partial charge in [-0.15, -0.1) is 0 Å². The number of piperidine rings is 1. The normalized spacial score (nSPS) is 15.3. The molecule has 156 valence electrons. The van der Waals surface area contributed by atoms with E-state index in [9.17, 15) is 8.42 Å². The highest BCUT2D eigenvalue weighted by atomic mass is 32.2. The first-order valence-electron chi connectivity index (χ1n) is 10.1. The summed E-state index contributed by atoms with van der Waals surface area (Å²) < 4.78 is 29.7. The van der Waals surface area contributed by atoms with Gasteiger partial charge in [0, 0.05) is 25.4 Å². The topological polar surface area (TPSA) is 79.0 Å². The Hall–Kier alpha value is -2.34. The average molecular weight is 441 g/mol. The second-order valence-electron chi connectivity index (χ2n) is 7.35. The van der Waals surface area contributed by atoms with E-state index in [4.69, 9.17) is 10.2 Å². The Labute approximate surface area is 181 Å². The molecule has 1 aliphatic rings. The molecule has 0 unspecified atom stereocenters. The van der Waals surface area contributed by atoms with Gasteiger partial charge in [0.1, 0.15) is 0 Å². The number of thioether (sulfide) groups is 1. The number of nitrogens with zero attached hydrogens (tertiary/aromatic N) is 4. The summed E-state index contributed by atoms with van der Waals surface area (Å²) in [4.78, 5) is 5.06. The SMILES string of the molecule is CCn1c(SCc2ccc(C#N)cc2)nc2cc(S(=O)(=O)N3CCCCC3)ccc21. The van der Waals surface area contributed by atoms with E-state index in [1.165, 1.54) is 0 Å². The summed E-state index contributed by atoms with van der Waals surface area (Å²) in [5.41, 5.74) is 3.41. The molecule has 2 heterocycles. The number of hydrogen-bond donors (Lipinski definition) is 0. The molecule has 0 spiro atoms. The van der Waals surface area contributed by atoms with E-state index in [0.717, 1.165) is 47.8 Å². The van der Waals surface area contributed by atoms with Gasteiger partial charge in [-0.25, -0.2) is 13.4 Å². The lowest BCUT2D eigenvalue weighted by Gasteiger charge is -2.25. The molecular weight excluding hydrogens is 416 g/mol. The van der Waals surface area contributed by atoms with Gasteiger partial charge in [0.05, 0.1) is 27.6 Å². The molecule has 0 aliphatic carbocycles. The predicted octanol–water partition coefficient (Wildman–Crippen LogP) is 4.39. The molecule has 1 aliphatic heterocycles. The maximum atomic E-state index is 13.0. The molecule has 1 aromatic heterocycles. The third kappa shape index (κ3) is 4.10. The maximum Gasteiger partial charge on any atom is 0.243 e.